The van der Waals surface area contributed by atoms with Crippen LogP contribution in [0.5, 0.6) is 0 Å². The number of oxime groups is 1. The van der Waals surface area contributed by atoms with Crippen LogP contribution in [-0.4, -0.2) is 15.6 Å². The second-order valence-electron chi connectivity index (χ2n) is 6.61. The van der Waals surface area contributed by atoms with Crippen LogP contribution in [0, 0.1) is 0 Å². The molecule has 0 spiro atoms. The van der Waals surface area contributed by atoms with E-state index in [4.69, 9.17) is 28.0 Å². The van der Waals surface area contributed by atoms with E-state index in [1.807, 2.05) is 0 Å². The van der Waals surface area contributed by atoms with Crippen molar-refractivity contribution < 1.29 is 18.0 Å². The third-order valence-electron chi connectivity index (χ3n) is 4.47. The number of halogens is 5. The van der Waals surface area contributed by atoms with Crippen LogP contribution < -0.4 is 0 Å². The van der Waals surface area contributed by atoms with Gasteiger partial charge in [-0.05, 0) is 23.8 Å². The standard InChI is InChI=1S/C22H14Cl2F3N3O/c23-17-8-6-14(7-9-17)13-31-28-11-19-20-18(24)10-16(22(25,26)27)12-30(20)21(29-19)15-4-2-1-3-5-15/h1-12H,13H2/b28-11+. The number of imidazole rings is 1. The molecule has 0 fully saturated rings. The molecule has 2 aromatic heterocycles. The van der Waals surface area contributed by atoms with E-state index in [0.717, 1.165) is 17.8 Å². The average Bonchev–Trinajstić information content (AvgIpc) is 3.12. The van der Waals surface area contributed by atoms with Gasteiger partial charge in [-0.1, -0.05) is 70.8 Å². The number of rotatable bonds is 5. The number of alkyl halides is 3. The number of hydrogen-bond acceptors (Lipinski definition) is 3. The molecule has 0 aliphatic heterocycles. The molecule has 2 heterocycles. The maximum Gasteiger partial charge on any atom is 0.417 e. The molecular weight excluding hydrogens is 450 g/mol. The van der Waals surface area contributed by atoms with Crippen LogP contribution in [0.1, 0.15) is 16.8 Å². The van der Waals surface area contributed by atoms with E-state index >= 15 is 0 Å². The third kappa shape index (κ3) is 4.68. The normalized spacial score (nSPS) is 12.0. The lowest BCUT2D eigenvalue weighted by Crippen LogP contribution is -2.07. The summed E-state index contributed by atoms with van der Waals surface area (Å²) in [7, 11) is 0. The van der Waals surface area contributed by atoms with E-state index < -0.39 is 11.7 Å². The molecule has 0 atom stereocenters. The summed E-state index contributed by atoms with van der Waals surface area (Å²) in [5.41, 5.74) is 1.20. The van der Waals surface area contributed by atoms with Gasteiger partial charge in [-0.2, -0.15) is 13.2 Å². The maximum absolute atomic E-state index is 13.3. The molecule has 0 amide bonds. The number of nitrogens with zero attached hydrogens (tertiary/aromatic N) is 3. The molecule has 9 heteroatoms. The van der Waals surface area contributed by atoms with Gasteiger partial charge in [0, 0.05) is 16.8 Å². The van der Waals surface area contributed by atoms with Crippen molar-refractivity contribution in [3.63, 3.8) is 0 Å². The summed E-state index contributed by atoms with van der Waals surface area (Å²) in [5, 5.41) is 4.43. The van der Waals surface area contributed by atoms with E-state index in [1.165, 1.54) is 10.6 Å². The number of pyridine rings is 1. The lowest BCUT2D eigenvalue weighted by atomic mass is 10.2. The number of benzene rings is 2. The van der Waals surface area contributed by atoms with Crippen molar-refractivity contribution >= 4 is 34.9 Å². The van der Waals surface area contributed by atoms with Crippen LogP contribution in [0.3, 0.4) is 0 Å². The van der Waals surface area contributed by atoms with Gasteiger partial charge in [0.05, 0.1) is 22.3 Å². The summed E-state index contributed by atoms with van der Waals surface area (Å²) in [5.74, 6) is 0.308. The summed E-state index contributed by atoms with van der Waals surface area (Å²) in [6.45, 7) is 0.191. The summed E-state index contributed by atoms with van der Waals surface area (Å²) < 4.78 is 41.3. The van der Waals surface area contributed by atoms with Crippen molar-refractivity contribution in [2.75, 3.05) is 0 Å². The summed E-state index contributed by atoms with van der Waals surface area (Å²) >= 11 is 12.1. The Morgan fingerprint density at radius 3 is 2.42 bits per heavy atom. The monoisotopic (exact) mass is 463 g/mol. The highest BCUT2D eigenvalue weighted by molar-refractivity contribution is 6.34. The Morgan fingerprint density at radius 2 is 1.74 bits per heavy atom. The minimum Gasteiger partial charge on any atom is -0.391 e. The van der Waals surface area contributed by atoms with Gasteiger partial charge in [0.1, 0.15) is 18.1 Å². The van der Waals surface area contributed by atoms with E-state index in [9.17, 15) is 13.2 Å². The molecule has 2 aromatic carbocycles. The molecule has 0 aliphatic carbocycles. The van der Waals surface area contributed by atoms with Gasteiger partial charge >= 0.3 is 6.18 Å². The maximum atomic E-state index is 13.3. The predicted octanol–water partition coefficient (Wildman–Crippen LogP) is 6.88. The Balaban J connectivity index is 1.72. The molecule has 158 valence electrons. The zero-order valence-corrected chi connectivity index (χ0v) is 17.3. The van der Waals surface area contributed by atoms with E-state index in [-0.39, 0.29) is 17.3 Å². The molecule has 0 saturated carbocycles. The molecule has 0 unspecified atom stereocenters. The number of aromatic nitrogens is 2. The molecule has 0 N–H and O–H groups in total. The first-order chi connectivity index (χ1) is 14.8. The third-order valence-corrected chi connectivity index (χ3v) is 5.01. The Bertz CT molecular complexity index is 1240. The van der Waals surface area contributed by atoms with Gasteiger partial charge in [0.2, 0.25) is 0 Å². The molecule has 4 nitrogen and oxygen atoms in total. The predicted molar refractivity (Wildman–Crippen MR) is 114 cm³/mol. The highest BCUT2D eigenvalue weighted by Crippen LogP contribution is 2.35. The van der Waals surface area contributed by atoms with Crippen LogP contribution >= 0.6 is 23.2 Å². The highest BCUT2D eigenvalue weighted by atomic mass is 35.5. The van der Waals surface area contributed by atoms with Crippen LogP contribution in [0.25, 0.3) is 16.9 Å². The second kappa shape index (κ2) is 8.61. The highest BCUT2D eigenvalue weighted by Gasteiger charge is 2.32. The Kier molecular flexibility index (Phi) is 5.89. The number of fused-ring (bicyclic) bond motifs is 1. The van der Waals surface area contributed by atoms with Crippen molar-refractivity contribution in [1.82, 2.24) is 9.38 Å². The molecule has 0 aliphatic rings. The van der Waals surface area contributed by atoms with Gasteiger partial charge in [-0.25, -0.2) is 4.98 Å². The van der Waals surface area contributed by atoms with Gasteiger partial charge in [-0.3, -0.25) is 4.40 Å². The van der Waals surface area contributed by atoms with Gasteiger partial charge in [-0.15, -0.1) is 0 Å². The van der Waals surface area contributed by atoms with Gasteiger partial charge in [0.15, 0.2) is 0 Å². The van der Waals surface area contributed by atoms with Crippen molar-refractivity contribution in [3.8, 4) is 11.4 Å². The van der Waals surface area contributed by atoms with Crippen molar-refractivity contribution in [2.24, 2.45) is 5.16 Å². The van der Waals surface area contributed by atoms with Crippen LogP contribution in [0.4, 0.5) is 13.2 Å². The minimum atomic E-state index is -4.55. The van der Waals surface area contributed by atoms with Crippen molar-refractivity contribution in [1.29, 1.82) is 0 Å². The van der Waals surface area contributed by atoms with E-state index in [1.54, 1.807) is 54.6 Å². The van der Waals surface area contributed by atoms with Crippen LogP contribution in [0.2, 0.25) is 10.0 Å². The van der Waals surface area contributed by atoms with Crippen LogP contribution in [0.15, 0.2) is 72.0 Å². The molecule has 0 radical (unpaired) electrons. The molecule has 31 heavy (non-hydrogen) atoms. The molecular formula is C22H14Cl2F3N3O. The first-order valence-electron chi connectivity index (χ1n) is 9.07. The lowest BCUT2D eigenvalue weighted by Gasteiger charge is -2.10. The molecule has 4 rings (SSSR count). The molecule has 0 bridgehead atoms. The fraction of sp³-hybridized carbons (Fsp3) is 0.0909. The zero-order chi connectivity index (χ0) is 22.0. The first kappa shape index (κ1) is 21.2. The van der Waals surface area contributed by atoms with Crippen molar-refractivity contribution in [3.05, 3.63) is 93.7 Å². The van der Waals surface area contributed by atoms with Crippen molar-refractivity contribution in [2.45, 2.75) is 12.8 Å². The van der Waals surface area contributed by atoms with Gasteiger partial charge in [0.25, 0.3) is 0 Å². The summed E-state index contributed by atoms with van der Waals surface area (Å²) in [4.78, 5) is 9.76. The van der Waals surface area contributed by atoms with E-state index in [2.05, 4.69) is 10.1 Å². The van der Waals surface area contributed by atoms with E-state index in [0.29, 0.717) is 21.9 Å². The second-order valence-corrected chi connectivity index (χ2v) is 7.46. The SMILES string of the molecule is FC(F)(F)c1cc(Cl)c2c(/C=N/OCc3ccc(Cl)cc3)nc(-c3ccccc3)n2c1. The zero-order valence-electron chi connectivity index (χ0n) is 15.8. The topological polar surface area (TPSA) is 38.9 Å². The first-order valence-corrected chi connectivity index (χ1v) is 9.82. The molecule has 4 aromatic rings. The Morgan fingerprint density at radius 1 is 1.03 bits per heavy atom. The number of hydrogen-bond donors (Lipinski definition) is 0. The molecule has 0 saturated heterocycles. The smallest absolute Gasteiger partial charge is 0.391 e. The van der Waals surface area contributed by atoms with Crippen LogP contribution in [-0.2, 0) is 17.6 Å². The average molecular weight is 464 g/mol. The lowest BCUT2D eigenvalue weighted by molar-refractivity contribution is -0.137. The Hall–Kier alpha value is -3.03. The fourth-order valence-electron chi connectivity index (χ4n) is 3.01. The van der Waals surface area contributed by atoms with Gasteiger partial charge < -0.3 is 4.84 Å². The Labute approximate surface area is 185 Å². The minimum absolute atomic E-state index is 0.0938. The summed E-state index contributed by atoms with van der Waals surface area (Å²) in [6.07, 6.45) is -2.24. The largest absolute Gasteiger partial charge is 0.417 e. The fourth-order valence-corrected chi connectivity index (χ4v) is 3.44. The summed E-state index contributed by atoms with van der Waals surface area (Å²) in [6, 6.07) is 16.8. The quantitative estimate of drug-likeness (QED) is 0.239.